The molecule has 2 rings (SSSR count). The number of hydrogen-bond acceptors (Lipinski definition) is 5. The lowest BCUT2D eigenvalue weighted by Crippen LogP contribution is -2.49. The molecule has 0 fully saturated rings. The third-order valence-corrected chi connectivity index (χ3v) is 4.23. The normalized spacial score (nSPS) is 12.6. The number of hydrogen-bond donors (Lipinski definition) is 3. The fourth-order valence-corrected chi connectivity index (χ4v) is 2.56. The molecule has 8 nitrogen and oxygen atoms in total. The van der Waals surface area contributed by atoms with Crippen LogP contribution in [0.3, 0.4) is 0 Å². The van der Waals surface area contributed by atoms with Gasteiger partial charge in [0, 0.05) is 30.8 Å². The number of nitrogens with zero attached hydrogens (tertiary/aromatic N) is 1. The number of nitro groups is 1. The number of carbonyl (C=O) groups excluding carboxylic acids is 1. The van der Waals surface area contributed by atoms with Crippen LogP contribution in [0.15, 0.2) is 48.5 Å². The first-order chi connectivity index (χ1) is 13.2. The molecule has 1 unspecified atom stereocenters. The van der Waals surface area contributed by atoms with Gasteiger partial charge in [0.1, 0.15) is 5.82 Å². The molecule has 1 atom stereocenters. The van der Waals surface area contributed by atoms with Crippen LogP contribution in [0.4, 0.5) is 15.8 Å². The molecule has 0 heterocycles. The van der Waals surface area contributed by atoms with E-state index in [9.17, 15) is 29.2 Å². The topological polar surface area (TPSA) is 122 Å². The van der Waals surface area contributed by atoms with Crippen molar-refractivity contribution in [1.29, 1.82) is 0 Å². The monoisotopic (exact) mass is 389 g/mol. The van der Waals surface area contributed by atoms with Crippen LogP contribution in [-0.4, -0.2) is 28.5 Å². The van der Waals surface area contributed by atoms with E-state index in [1.165, 1.54) is 31.2 Å². The first-order valence-electron chi connectivity index (χ1n) is 8.51. The molecule has 0 aliphatic heterocycles. The molecule has 0 aliphatic rings. The number of rotatable bonds is 9. The molecule has 3 N–H and O–H groups in total. The Kier molecular flexibility index (Phi) is 6.64. The minimum Gasteiger partial charge on any atom is -0.479 e. The van der Waals surface area contributed by atoms with Gasteiger partial charge in [-0.3, -0.25) is 14.9 Å². The Morgan fingerprint density at radius 1 is 1.14 bits per heavy atom. The van der Waals surface area contributed by atoms with E-state index in [-0.39, 0.29) is 17.7 Å². The summed E-state index contributed by atoms with van der Waals surface area (Å²) in [5.41, 5.74) is -0.749. The number of non-ortho nitro benzene ring substituents is 1. The van der Waals surface area contributed by atoms with Crippen LogP contribution in [0.2, 0.25) is 0 Å². The molecular formula is C19H20FN3O5. The first-order valence-corrected chi connectivity index (χ1v) is 8.51. The molecule has 0 radical (unpaired) electrons. The van der Waals surface area contributed by atoms with Crippen LogP contribution in [0.5, 0.6) is 0 Å². The second kappa shape index (κ2) is 8.94. The summed E-state index contributed by atoms with van der Waals surface area (Å²) in [5, 5.41) is 25.6. The highest BCUT2D eigenvalue weighted by Crippen LogP contribution is 2.22. The van der Waals surface area contributed by atoms with Gasteiger partial charge < -0.3 is 15.7 Å². The largest absolute Gasteiger partial charge is 0.479 e. The number of carboxylic acids is 1. The maximum Gasteiger partial charge on any atom is 0.333 e. The van der Waals surface area contributed by atoms with E-state index in [2.05, 4.69) is 10.6 Å². The molecule has 0 saturated carbocycles. The van der Waals surface area contributed by atoms with Crippen LogP contribution in [0.25, 0.3) is 0 Å². The van der Waals surface area contributed by atoms with Gasteiger partial charge >= 0.3 is 5.97 Å². The fraction of sp³-hybridized carbons (Fsp3) is 0.263. The van der Waals surface area contributed by atoms with Gasteiger partial charge in [0.25, 0.3) is 5.69 Å². The SMILES string of the molecule is CC(NC(=O)CCCNc1ccc([N+](=O)[O-])cc1)(C(=O)O)c1ccc(F)cc1. The van der Waals surface area contributed by atoms with Crippen molar-refractivity contribution in [2.45, 2.75) is 25.3 Å². The van der Waals surface area contributed by atoms with E-state index < -0.39 is 28.2 Å². The zero-order valence-corrected chi connectivity index (χ0v) is 15.1. The maximum atomic E-state index is 13.1. The zero-order valence-electron chi connectivity index (χ0n) is 15.1. The van der Waals surface area contributed by atoms with E-state index in [4.69, 9.17) is 0 Å². The number of aliphatic carboxylic acids is 1. The van der Waals surface area contributed by atoms with Gasteiger partial charge in [-0.15, -0.1) is 0 Å². The molecule has 0 bridgehead atoms. The number of benzene rings is 2. The second-order valence-corrected chi connectivity index (χ2v) is 6.32. The third-order valence-electron chi connectivity index (χ3n) is 4.23. The number of nitrogens with one attached hydrogen (secondary N) is 2. The minimum absolute atomic E-state index is 0.0151. The molecule has 0 saturated heterocycles. The van der Waals surface area contributed by atoms with Gasteiger partial charge in [0.2, 0.25) is 5.91 Å². The fourth-order valence-electron chi connectivity index (χ4n) is 2.56. The standard InChI is InChI=1S/C19H20FN3O5/c1-19(18(25)26,13-4-6-14(20)7-5-13)22-17(24)3-2-12-21-15-8-10-16(11-9-15)23(27)28/h4-11,21H,2-3,12H2,1H3,(H,22,24)(H,25,26). The number of carboxylic acid groups (broad SMARTS) is 1. The minimum atomic E-state index is -1.67. The summed E-state index contributed by atoms with van der Waals surface area (Å²) in [7, 11) is 0. The second-order valence-electron chi connectivity index (χ2n) is 6.32. The van der Waals surface area contributed by atoms with Crippen molar-refractivity contribution >= 4 is 23.3 Å². The van der Waals surface area contributed by atoms with Crippen LogP contribution in [-0.2, 0) is 15.1 Å². The molecule has 0 aromatic heterocycles. The molecule has 2 aromatic rings. The molecule has 28 heavy (non-hydrogen) atoms. The van der Waals surface area contributed by atoms with Gasteiger partial charge in [-0.05, 0) is 43.2 Å². The van der Waals surface area contributed by atoms with E-state index >= 15 is 0 Å². The Balaban J connectivity index is 1.87. The summed E-state index contributed by atoms with van der Waals surface area (Å²) in [6, 6.07) is 10.8. The van der Waals surface area contributed by atoms with Crippen LogP contribution < -0.4 is 10.6 Å². The Morgan fingerprint density at radius 2 is 1.75 bits per heavy atom. The number of carbonyl (C=O) groups is 2. The number of amides is 1. The number of halogens is 1. The Bertz CT molecular complexity index is 855. The van der Waals surface area contributed by atoms with E-state index in [0.717, 1.165) is 12.1 Å². The van der Waals surface area contributed by atoms with Crippen molar-refractivity contribution in [3.63, 3.8) is 0 Å². The lowest BCUT2D eigenvalue weighted by Gasteiger charge is -2.27. The van der Waals surface area contributed by atoms with Crippen LogP contribution >= 0.6 is 0 Å². The maximum absolute atomic E-state index is 13.1. The van der Waals surface area contributed by atoms with E-state index in [1.807, 2.05) is 0 Å². The van der Waals surface area contributed by atoms with E-state index in [0.29, 0.717) is 18.7 Å². The van der Waals surface area contributed by atoms with Gasteiger partial charge in [-0.2, -0.15) is 0 Å². The van der Waals surface area contributed by atoms with Crippen molar-refractivity contribution in [3.8, 4) is 0 Å². The summed E-state index contributed by atoms with van der Waals surface area (Å²) >= 11 is 0. The number of nitro benzene ring substituents is 1. The molecular weight excluding hydrogens is 369 g/mol. The van der Waals surface area contributed by atoms with Crippen molar-refractivity contribution < 1.29 is 24.0 Å². The summed E-state index contributed by atoms with van der Waals surface area (Å²) < 4.78 is 13.1. The predicted octanol–water partition coefficient (Wildman–Crippen LogP) is 3.04. The predicted molar refractivity (Wildman–Crippen MR) is 100 cm³/mol. The Hall–Kier alpha value is -3.49. The Labute approximate surface area is 160 Å². The molecule has 2 aromatic carbocycles. The van der Waals surface area contributed by atoms with Crippen molar-refractivity contribution in [3.05, 3.63) is 70.0 Å². The van der Waals surface area contributed by atoms with Gasteiger partial charge in [0.05, 0.1) is 4.92 Å². The van der Waals surface area contributed by atoms with Crippen molar-refractivity contribution in [2.24, 2.45) is 0 Å². The molecule has 1 amide bonds. The Morgan fingerprint density at radius 3 is 2.29 bits per heavy atom. The third kappa shape index (κ3) is 5.26. The van der Waals surface area contributed by atoms with E-state index in [1.54, 1.807) is 12.1 Å². The lowest BCUT2D eigenvalue weighted by molar-refractivity contribution is -0.384. The smallest absolute Gasteiger partial charge is 0.333 e. The van der Waals surface area contributed by atoms with Gasteiger partial charge in [-0.25, -0.2) is 9.18 Å². The summed E-state index contributed by atoms with van der Waals surface area (Å²) in [6.45, 7) is 1.77. The lowest BCUT2D eigenvalue weighted by atomic mass is 9.91. The first kappa shape index (κ1) is 20.8. The highest BCUT2D eigenvalue weighted by Gasteiger charge is 2.36. The number of anilines is 1. The van der Waals surface area contributed by atoms with Crippen LogP contribution in [0.1, 0.15) is 25.3 Å². The average molecular weight is 389 g/mol. The summed E-state index contributed by atoms with van der Waals surface area (Å²) in [5.74, 6) is -2.21. The van der Waals surface area contributed by atoms with Gasteiger partial charge in [0.15, 0.2) is 5.54 Å². The van der Waals surface area contributed by atoms with Crippen molar-refractivity contribution in [1.82, 2.24) is 5.32 Å². The average Bonchev–Trinajstić information content (AvgIpc) is 2.65. The summed E-state index contributed by atoms with van der Waals surface area (Å²) in [6.07, 6.45) is 0.492. The van der Waals surface area contributed by atoms with Crippen LogP contribution in [0, 0.1) is 15.9 Å². The molecule has 148 valence electrons. The molecule has 0 aliphatic carbocycles. The highest BCUT2D eigenvalue weighted by molar-refractivity contribution is 5.87. The molecule has 9 heteroatoms. The summed E-state index contributed by atoms with van der Waals surface area (Å²) in [4.78, 5) is 34.0. The molecule has 0 spiro atoms. The zero-order chi connectivity index (χ0) is 20.7. The van der Waals surface area contributed by atoms with Crippen molar-refractivity contribution in [2.75, 3.05) is 11.9 Å². The van der Waals surface area contributed by atoms with Gasteiger partial charge in [-0.1, -0.05) is 12.1 Å². The highest BCUT2D eigenvalue weighted by atomic mass is 19.1. The quantitative estimate of drug-likeness (QED) is 0.344.